The van der Waals surface area contributed by atoms with Gasteiger partial charge in [-0.1, -0.05) is 19.9 Å². The number of carbonyl (C=O) groups excluding carboxylic acids is 1. The van der Waals surface area contributed by atoms with Crippen molar-refractivity contribution >= 4 is 16.0 Å². The summed E-state index contributed by atoms with van der Waals surface area (Å²) >= 11 is 0. The SMILES string of the molecule is COC(=O)C(CNS(=O)(=O)c1cc(F)ccc1C)CC(C)C. The molecule has 0 saturated heterocycles. The summed E-state index contributed by atoms with van der Waals surface area (Å²) in [5, 5.41) is 0. The number of halogens is 1. The zero-order chi connectivity index (χ0) is 16.9. The molecule has 1 atom stereocenters. The van der Waals surface area contributed by atoms with Crippen molar-refractivity contribution in [2.75, 3.05) is 13.7 Å². The number of nitrogens with one attached hydrogen (secondary N) is 1. The van der Waals surface area contributed by atoms with E-state index in [1.807, 2.05) is 13.8 Å². The lowest BCUT2D eigenvalue weighted by atomic mass is 9.97. The molecule has 0 fully saturated rings. The van der Waals surface area contributed by atoms with E-state index in [4.69, 9.17) is 4.74 Å². The third-order valence-corrected chi connectivity index (χ3v) is 4.82. The predicted molar refractivity (Wildman–Crippen MR) is 81.3 cm³/mol. The molecule has 1 aromatic carbocycles. The Labute approximate surface area is 130 Å². The number of hydrogen-bond acceptors (Lipinski definition) is 4. The van der Waals surface area contributed by atoms with E-state index in [0.717, 1.165) is 6.07 Å². The van der Waals surface area contributed by atoms with Crippen LogP contribution in [0.2, 0.25) is 0 Å². The largest absolute Gasteiger partial charge is 0.469 e. The van der Waals surface area contributed by atoms with Gasteiger partial charge in [0.05, 0.1) is 17.9 Å². The van der Waals surface area contributed by atoms with Crippen LogP contribution in [0.15, 0.2) is 23.1 Å². The first-order valence-electron chi connectivity index (χ1n) is 7.01. The maximum Gasteiger partial charge on any atom is 0.309 e. The number of methoxy groups -OCH3 is 1. The van der Waals surface area contributed by atoms with Crippen molar-refractivity contribution < 1.29 is 22.3 Å². The summed E-state index contributed by atoms with van der Waals surface area (Å²) in [6, 6.07) is 3.56. The molecule has 0 bridgehead atoms. The first-order valence-corrected chi connectivity index (χ1v) is 8.49. The van der Waals surface area contributed by atoms with Gasteiger partial charge < -0.3 is 4.74 Å². The first-order chi connectivity index (χ1) is 10.2. The molecule has 0 aliphatic rings. The lowest BCUT2D eigenvalue weighted by Gasteiger charge is -2.18. The standard InChI is InChI=1S/C15H22FNO4S/c1-10(2)7-12(15(18)21-4)9-17-22(19,20)14-8-13(16)6-5-11(14)3/h5-6,8,10,12,17H,7,9H2,1-4H3. The first kappa shape index (κ1) is 18.6. The van der Waals surface area contributed by atoms with Crippen molar-refractivity contribution in [1.82, 2.24) is 4.72 Å². The van der Waals surface area contributed by atoms with Gasteiger partial charge in [-0.05, 0) is 37.0 Å². The molecule has 1 aromatic rings. The zero-order valence-corrected chi connectivity index (χ0v) is 14.0. The smallest absolute Gasteiger partial charge is 0.309 e. The number of benzene rings is 1. The molecule has 0 aromatic heterocycles. The molecule has 0 spiro atoms. The molecule has 0 aliphatic carbocycles. The predicted octanol–water partition coefficient (Wildman–Crippen LogP) is 2.25. The Hall–Kier alpha value is -1.47. The number of aryl methyl sites for hydroxylation is 1. The van der Waals surface area contributed by atoms with Crippen molar-refractivity contribution in [3.05, 3.63) is 29.6 Å². The van der Waals surface area contributed by atoms with Crippen LogP contribution in [0.3, 0.4) is 0 Å². The molecule has 0 aliphatic heterocycles. The van der Waals surface area contributed by atoms with E-state index in [1.165, 1.54) is 19.2 Å². The minimum absolute atomic E-state index is 0.0802. The van der Waals surface area contributed by atoms with E-state index in [-0.39, 0.29) is 17.4 Å². The van der Waals surface area contributed by atoms with E-state index < -0.39 is 27.7 Å². The molecule has 1 N–H and O–H groups in total. The molecule has 0 saturated carbocycles. The van der Waals surface area contributed by atoms with Gasteiger partial charge in [0, 0.05) is 6.54 Å². The fraction of sp³-hybridized carbons (Fsp3) is 0.533. The average Bonchev–Trinajstić information content (AvgIpc) is 2.44. The van der Waals surface area contributed by atoms with E-state index >= 15 is 0 Å². The third kappa shape index (κ3) is 5.06. The Balaban J connectivity index is 2.91. The Morgan fingerprint density at radius 1 is 1.36 bits per heavy atom. The van der Waals surface area contributed by atoms with Crippen LogP contribution < -0.4 is 4.72 Å². The molecule has 5 nitrogen and oxygen atoms in total. The molecule has 22 heavy (non-hydrogen) atoms. The minimum atomic E-state index is -3.88. The summed E-state index contributed by atoms with van der Waals surface area (Å²) in [4.78, 5) is 11.6. The average molecular weight is 331 g/mol. The summed E-state index contributed by atoms with van der Waals surface area (Å²) < 4.78 is 44.9. The van der Waals surface area contributed by atoms with Crippen LogP contribution in [-0.2, 0) is 19.6 Å². The van der Waals surface area contributed by atoms with Crippen molar-refractivity contribution in [1.29, 1.82) is 0 Å². The van der Waals surface area contributed by atoms with E-state index in [1.54, 1.807) is 6.92 Å². The van der Waals surface area contributed by atoms with E-state index in [9.17, 15) is 17.6 Å². The highest BCUT2D eigenvalue weighted by Gasteiger charge is 2.24. The van der Waals surface area contributed by atoms with Crippen molar-refractivity contribution in [2.45, 2.75) is 32.1 Å². The number of sulfonamides is 1. The maximum atomic E-state index is 13.3. The van der Waals surface area contributed by atoms with Crippen molar-refractivity contribution in [3.63, 3.8) is 0 Å². The van der Waals surface area contributed by atoms with Gasteiger partial charge in [0.25, 0.3) is 0 Å². The van der Waals surface area contributed by atoms with Crippen LogP contribution in [0.4, 0.5) is 4.39 Å². The van der Waals surface area contributed by atoms with Gasteiger partial charge in [0.15, 0.2) is 0 Å². The highest BCUT2D eigenvalue weighted by Crippen LogP contribution is 2.18. The second-order valence-electron chi connectivity index (χ2n) is 5.61. The minimum Gasteiger partial charge on any atom is -0.469 e. The van der Waals surface area contributed by atoms with Crippen LogP contribution >= 0.6 is 0 Å². The summed E-state index contributed by atoms with van der Waals surface area (Å²) in [6.07, 6.45) is 0.497. The van der Waals surface area contributed by atoms with Crippen molar-refractivity contribution in [3.8, 4) is 0 Å². The number of hydrogen-bond donors (Lipinski definition) is 1. The van der Waals surface area contributed by atoms with Gasteiger partial charge in [-0.2, -0.15) is 0 Å². The molecule has 0 heterocycles. The summed E-state index contributed by atoms with van der Waals surface area (Å²) in [6.45, 7) is 5.37. The van der Waals surface area contributed by atoms with Gasteiger partial charge in [-0.3, -0.25) is 4.79 Å². The molecular formula is C15H22FNO4S. The Bertz CT molecular complexity index is 628. The second kappa shape index (κ2) is 7.69. The van der Waals surface area contributed by atoms with Gasteiger partial charge >= 0.3 is 5.97 Å². The Morgan fingerprint density at radius 3 is 2.55 bits per heavy atom. The fourth-order valence-electron chi connectivity index (χ4n) is 2.15. The summed E-state index contributed by atoms with van der Waals surface area (Å²) in [7, 11) is -2.62. The highest BCUT2D eigenvalue weighted by molar-refractivity contribution is 7.89. The highest BCUT2D eigenvalue weighted by atomic mass is 32.2. The van der Waals surface area contributed by atoms with Crippen molar-refractivity contribution in [2.24, 2.45) is 11.8 Å². The molecule has 124 valence electrons. The number of ether oxygens (including phenoxy) is 1. The van der Waals surface area contributed by atoms with Crippen LogP contribution in [0, 0.1) is 24.6 Å². The van der Waals surface area contributed by atoms with E-state index in [2.05, 4.69) is 4.72 Å². The van der Waals surface area contributed by atoms with E-state index in [0.29, 0.717) is 12.0 Å². The monoisotopic (exact) mass is 331 g/mol. The molecule has 0 radical (unpaired) electrons. The maximum absolute atomic E-state index is 13.3. The molecule has 7 heteroatoms. The van der Waals surface area contributed by atoms with Crippen LogP contribution in [0.25, 0.3) is 0 Å². The molecule has 1 rings (SSSR count). The van der Waals surface area contributed by atoms with Gasteiger partial charge in [-0.25, -0.2) is 17.5 Å². The quantitative estimate of drug-likeness (QED) is 0.778. The number of carbonyl (C=O) groups is 1. The normalized spacial score (nSPS) is 13.2. The molecule has 1 unspecified atom stereocenters. The van der Waals surface area contributed by atoms with Crippen LogP contribution in [-0.4, -0.2) is 28.0 Å². The van der Waals surface area contributed by atoms with Gasteiger partial charge in [-0.15, -0.1) is 0 Å². The number of esters is 1. The second-order valence-corrected chi connectivity index (χ2v) is 7.35. The number of rotatable bonds is 7. The van der Waals surface area contributed by atoms with Gasteiger partial charge in [0.2, 0.25) is 10.0 Å². The van der Waals surface area contributed by atoms with Crippen LogP contribution in [0.5, 0.6) is 0 Å². The zero-order valence-electron chi connectivity index (χ0n) is 13.2. The molecular weight excluding hydrogens is 309 g/mol. The lowest BCUT2D eigenvalue weighted by Crippen LogP contribution is -2.34. The molecule has 0 amide bonds. The van der Waals surface area contributed by atoms with Crippen LogP contribution in [0.1, 0.15) is 25.8 Å². The summed E-state index contributed by atoms with van der Waals surface area (Å²) in [5.74, 6) is -1.46. The summed E-state index contributed by atoms with van der Waals surface area (Å²) in [5.41, 5.74) is 0.437. The fourth-order valence-corrected chi connectivity index (χ4v) is 3.49. The topological polar surface area (TPSA) is 72.5 Å². The Morgan fingerprint density at radius 2 is 2.00 bits per heavy atom. The lowest BCUT2D eigenvalue weighted by molar-refractivity contribution is -0.145. The Kier molecular flexibility index (Phi) is 6.49. The van der Waals surface area contributed by atoms with Gasteiger partial charge in [0.1, 0.15) is 5.82 Å². The third-order valence-electron chi connectivity index (χ3n) is 3.25.